The molecule has 31 heavy (non-hydrogen) atoms. The summed E-state index contributed by atoms with van der Waals surface area (Å²) in [6, 6.07) is 21.1. The van der Waals surface area contributed by atoms with Crippen LogP contribution in [0.3, 0.4) is 0 Å². The van der Waals surface area contributed by atoms with E-state index < -0.39 is 5.82 Å². The van der Waals surface area contributed by atoms with Gasteiger partial charge in [-0.2, -0.15) is 0 Å². The fourth-order valence-electron chi connectivity index (χ4n) is 3.43. The van der Waals surface area contributed by atoms with Crippen molar-refractivity contribution in [3.8, 4) is 39.1 Å². The highest BCUT2D eigenvalue weighted by Crippen LogP contribution is 2.39. The molecule has 0 saturated heterocycles. The van der Waals surface area contributed by atoms with Crippen LogP contribution in [0.5, 0.6) is 5.75 Å². The molecular formula is C25H20FN3O2. The lowest BCUT2D eigenvalue weighted by atomic mass is 9.95. The van der Waals surface area contributed by atoms with Gasteiger partial charge >= 0.3 is 0 Å². The number of halogens is 1. The number of amides is 1. The summed E-state index contributed by atoms with van der Waals surface area (Å²) in [6.45, 7) is 1.32. The molecule has 0 unspecified atom stereocenters. The van der Waals surface area contributed by atoms with Crippen molar-refractivity contribution in [1.82, 2.24) is 4.98 Å². The number of carbonyl (C=O) groups excluding carboxylic acids is 1. The number of hydrogen-bond acceptors (Lipinski definition) is 4. The normalized spacial score (nSPS) is 10.6. The molecule has 154 valence electrons. The largest absolute Gasteiger partial charge is 0.507 e. The number of rotatable bonds is 4. The number of aromatic nitrogens is 1. The van der Waals surface area contributed by atoms with Crippen molar-refractivity contribution < 1.29 is 14.3 Å². The predicted octanol–water partition coefficient (Wildman–Crippen LogP) is 5.47. The number of hydrogen-bond donors (Lipinski definition) is 3. The summed E-state index contributed by atoms with van der Waals surface area (Å²) in [5.74, 6) is -0.438. The Balaban J connectivity index is 1.73. The molecule has 0 saturated carbocycles. The highest BCUT2D eigenvalue weighted by atomic mass is 19.1. The minimum atomic E-state index is -0.574. The summed E-state index contributed by atoms with van der Waals surface area (Å²) in [5.41, 5.74) is 10.0. The van der Waals surface area contributed by atoms with Gasteiger partial charge in [-0.25, -0.2) is 9.37 Å². The molecule has 0 aliphatic rings. The first-order valence-corrected chi connectivity index (χ1v) is 9.64. The number of phenolic OH excluding ortho intramolecular Hbond substituents is 1. The molecule has 4 rings (SSSR count). The van der Waals surface area contributed by atoms with Gasteiger partial charge in [-0.05, 0) is 47.0 Å². The van der Waals surface area contributed by atoms with E-state index in [9.17, 15) is 14.3 Å². The second-order valence-corrected chi connectivity index (χ2v) is 7.13. The Bertz CT molecular complexity index is 1270. The van der Waals surface area contributed by atoms with Gasteiger partial charge in [0.25, 0.3) is 0 Å². The van der Waals surface area contributed by atoms with E-state index in [-0.39, 0.29) is 17.3 Å². The standard InChI is InChI=1S/C25H20FN3O2/c1-15(30)29-23-10-8-18(13-22(23)26)21-7-3-6-20(25(21)31)17-5-2-4-16(12-17)19-9-11-24(27)28-14-19/h2-14,31H,1H3,(H2,27,28)(H,29,30). The number of nitrogens with one attached hydrogen (secondary N) is 1. The number of anilines is 2. The number of pyridine rings is 1. The molecule has 5 nitrogen and oxygen atoms in total. The second kappa shape index (κ2) is 8.28. The third-order valence-electron chi connectivity index (χ3n) is 4.92. The van der Waals surface area contributed by atoms with E-state index in [1.807, 2.05) is 36.4 Å². The van der Waals surface area contributed by atoms with Crippen LogP contribution in [0.25, 0.3) is 33.4 Å². The highest BCUT2D eigenvalue weighted by molar-refractivity contribution is 5.90. The van der Waals surface area contributed by atoms with E-state index in [1.54, 1.807) is 30.5 Å². The minimum absolute atomic E-state index is 0.0433. The number of benzene rings is 3. The van der Waals surface area contributed by atoms with Gasteiger partial charge in [0.2, 0.25) is 5.91 Å². The van der Waals surface area contributed by atoms with Gasteiger partial charge in [0.05, 0.1) is 5.69 Å². The Hall–Kier alpha value is -4.19. The molecular weight excluding hydrogens is 393 g/mol. The van der Waals surface area contributed by atoms with Crippen LogP contribution in [0, 0.1) is 5.82 Å². The lowest BCUT2D eigenvalue weighted by Gasteiger charge is -2.13. The zero-order valence-electron chi connectivity index (χ0n) is 16.8. The molecule has 6 heteroatoms. The Morgan fingerprint density at radius 2 is 1.55 bits per heavy atom. The Labute approximate surface area is 179 Å². The van der Waals surface area contributed by atoms with E-state index in [0.717, 1.165) is 16.7 Å². The fraction of sp³-hybridized carbons (Fsp3) is 0.0400. The Kier molecular flexibility index (Phi) is 5.37. The van der Waals surface area contributed by atoms with E-state index >= 15 is 0 Å². The Morgan fingerprint density at radius 3 is 2.19 bits per heavy atom. The maximum atomic E-state index is 14.4. The third kappa shape index (κ3) is 4.23. The maximum Gasteiger partial charge on any atom is 0.221 e. The third-order valence-corrected chi connectivity index (χ3v) is 4.92. The van der Waals surface area contributed by atoms with Crippen LogP contribution >= 0.6 is 0 Å². The number of phenols is 1. The van der Waals surface area contributed by atoms with Crippen molar-refractivity contribution in [3.05, 3.63) is 84.8 Å². The van der Waals surface area contributed by atoms with Crippen molar-refractivity contribution in [2.45, 2.75) is 6.92 Å². The summed E-state index contributed by atoms with van der Waals surface area (Å²) in [4.78, 5) is 15.3. The molecule has 1 aromatic heterocycles. The van der Waals surface area contributed by atoms with E-state index in [0.29, 0.717) is 22.5 Å². The zero-order valence-corrected chi connectivity index (χ0v) is 16.8. The quantitative estimate of drug-likeness (QED) is 0.414. The average molecular weight is 413 g/mol. The zero-order chi connectivity index (χ0) is 22.0. The van der Waals surface area contributed by atoms with Gasteiger partial charge in [0, 0.05) is 29.8 Å². The predicted molar refractivity (Wildman–Crippen MR) is 121 cm³/mol. The van der Waals surface area contributed by atoms with Crippen LogP contribution in [0.2, 0.25) is 0 Å². The molecule has 0 aliphatic heterocycles. The molecule has 4 aromatic rings. The van der Waals surface area contributed by atoms with E-state index in [2.05, 4.69) is 10.3 Å². The van der Waals surface area contributed by atoms with Crippen LogP contribution in [0.1, 0.15) is 6.92 Å². The Morgan fingerprint density at radius 1 is 0.903 bits per heavy atom. The first kappa shape index (κ1) is 20.1. The van der Waals surface area contributed by atoms with E-state index in [1.165, 1.54) is 19.1 Å². The molecule has 0 bridgehead atoms. The van der Waals surface area contributed by atoms with Gasteiger partial charge < -0.3 is 16.2 Å². The lowest BCUT2D eigenvalue weighted by molar-refractivity contribution is -0.114. The summed E-state index contributed by atoms with van der Waals surface area (Å²) < 4.78 is 14.4. The van der Waals surface area contributed by atoms with Gasteiger partial charge in [-0.15, -0.1) is 0 Å². The van der Waals surface area contributed by atoms with Gasteiger partial charge in [0.15, 0.2) is 0 Å². The molecule has 1 heterocycles. The fourth-order valence-corrected chi connectivity index (χ4v) is 3.43. The van der Waals surface area contributed by atoms with Crippen molar-refractivity contribution in [2.24, 2.45) is 0 Å². The molecule has 3 aromatic carbocycles. The number of aromatic hydroxyl groups is 1. The van der Waals surface area contributed by atoms with Gasteiger partial charge in [-0.1, -0.05) is 42.5 Å². The SMILES string of the molecule is CC(=O)Nc1ccc(-c2cccc(-c3cccc(-c4ccc(N)nc4)c3)c2O)cc1F. The first-order chi connectivity index (χ1) is 14.9. The van der Waals surface area contributed by atoms with Crippen molar-refractivity contribution in [1.29, 1.82) is 0 Å². The monoisotopic (exact) mass is 413 g/mol. The summed E-state index contributed by atoms with van der Waals surface area (Å²) in [6.07, 6.45) is 1.70. The lowest BCUT2D eigenvalue weighted by Crippen LogP contribution is -2.07. The van der Waals surface area contributed by atoms with Gasteiger partial charge in [-0.3, -0.25) is 4.79 Å². The molecule has 0 atom stereocenters. The van der Waals surface area contributed by atoms with Crippen molar-refractivity contribution in [3.63, 3.8) is 0 Å². The number of nitrogens with zero attached hydrogens (tertiary/aromatic N) is 1. The van der Waals surface area contributed by atoms with Crippen molar-refractivity contribution in [2.75, 3.05) is 11.1 Å². The number of nitrogens with two attached hydrogens (primary N) is 1. The first-order valence-electron chi connectivity index (χ1n) is 9.64. The van der Waals surface area contributed by atoms with Crippen LogP contribution in [0.4, 0.5) is 15.9 Å². The average Bonchev–Trinajstić information content (AvgIpc) is 2.76. The van der Waals surface area contributed by atoms with Crippen molar-refractivity contribution >= 4 is 17.4 Å². The van der Waals surface area contributed by atoms with Crippen LogP contribution in [0.15, 0.2) is 79.0 Å². The number of para-hydroxylation sites is 1. The van der Waals surface area contributed by atoms with E-state index in [4.69, 9.17) is 5.73 Å². The minimum Gasteiger partial charge on any atom is -0.507 e. The molecule has 4 N–H and O–H groups in total. The topological polar surface area (TPSA) is 88.2 Å². The summed E-state index contributed by atoms with van der Waals surface area (Å²) in [7, 11) is 0. The summed E-state index contributed by atoms with van der Waals surface area (Å²) in [5, 5.41) is 13.4. The summed E-state index contributed by atoms with van der Waals surface area (Å²) >= 11 is 0. The molecule has 1 amide bonds. The smallest absolute Gasteiger partial charge is 0.221 e. The number of nitrogen functional groups attached to an aromatic ring is 1. The molecule has 0 aliphatic carbocycles. The van der Waals surface area contributed by atoms with Crippen LogP contribution < -0.4 is 11.1 Å². The molecule has 0 fully saturated rings. The van der Waals surface area contributed by atoms with Gasteiger partial charge in [0.1, 0.15) is 17.4 Å². The highest BCUT2D eigenvalue weighted by Gasteiger charge is 2.14. The number of carbonyl (C=O) groups is 1. The van der Waals surface area contributed by atoms with Crippen LogP contribution in [-0.2, 0) is 4.79 Å². The maximum absolute atomic E-state index is 14.4. The second-order valence-electron chi connectivity index (χ2n) is 7.13. The molecule has 0 radical (unpaired) electrons. The molecule has 0 spiro atoms. The van der Waals surface area contributed by atoms with Crippen LogP contribution in [-0.4, -0.2) is 16.0 Å².